The van der Waals surface area contributed by atoms with Crippen LogP contribution in [0.1, 0.15) is 65.7 Å². The molecule has 6 heteroatoms. The van der Waals surface area contributed by atoms with Crippen molar-refractivity contribution in [2.24, 2.45) is 0 Å². The van der Waals surface area contributed by atoms with Gasteiger partial charge >= 0.3 is 0 Å². The van der Waals surface area contributed by atoms with E-state index in [4.69, 9.17) is 9.97 Å². The highest BCUT2D eigenvalue weighted by atomic mass is 16.1. The quantitative estimate of drug-likeness (QED) is 0.787. The average Bonchev–Trinajstić information content (AvgIpc) is 2.74. The minimum atomic E-state index is 0.0313. The normalized spacial score (nSPS) is 20.9. The molecule has 30 heavy (non-hydrogen) atoms. The second-order valence-corrected chi connectivity index (χ2v) is 8.93. The zero-order valence-corrected chi connectivity index (χ0v) is 18.4. The molecule has 0 aliphatic heterocycles. The number of nitrogens with one attached hydrogen (secondary N) is 2. The molecule has 0 radical (unpaired) electrons. The maximum atomic E-state index is 12.5. The Hall–Kier alpha value is -2.63. The SMILES string of the molecule is Cc1cccc(C(=O)NC2CCC(Nc3nc4c(c(N(C)C)n3)CCCC4)CC2)c1. The summed E-state index contributed by atoms with van der Waals surface area (Å²) in [5.41, 5.74) is 4.38. The number of nitrogens with zero attached hydrogens (tertiary/aromatic N) is 3. The number of hydrogen-bond donors (Lipinski definition) is 2. The molecule has 0 saturated heterocycles. The van der Waals surface area contributed by atoms with E-state index in [1.165, 1.54) is 24.1 Å². The minimum absolute atomic E-state index is 0.0313. The first-order valence-corrected chi connectivity index (χ1v) is 11.2. The van der Waals surface area contributed by atoms with Gasteiger partial charge in [-0.3, -0.25) is 4.79 Å². The molecule has 1 fully saturated rings. The summed E-state index contributed by atoms with van der Waals surface area (Å²) in [6.07, 6.45) is 8.53. The molecule has 1 amide bonds. The lowest BCUT2D eigenvalue weighted by atomic mass is 9.91. The van der Waals surface area contributed by atoms with Crippen LogP contribution in [0, 0.1) is 6.92 Å². The summed E-state index contributed by atoms with van der Waals surface area (Å²) >= 11 is 0. The van der Waals surface area contributed by atoms with Crippen LogP contribution in [0.3, 0.4) is 0 Å². The molecule has 0 bridgehead atoms. The Morgan fingerprint density at radius 3 is 2.50 bits per heavy atom. The standard InChI is InChI=1S/C24H33N5O/c1-16-7-6-8-17(15-16)23(30)25-18-11-13-19(14-12-18)26-24-27-21-10-5-4-9-20(21)22(28-24)29(2)3/h6-8,15,18-19H,4-5,9-14H2,1-3H3,(H,25,30)(H,26,27,28). The number of rotatable bonds is 5. The summed E-state index contributed by atoms with van der Waals surface area (Å²) in [5, 5.41) is 6.78. The number of aromatic nitrogens is 2. The molecule has 1 aromatic heterocycles. The van der Waals surface area contributed by atoms with E-state index in [1.807, 2.05) is 31.2 Å². The van der Waals surface area contributed by atoms with Crippen LogP contribution >= 0.6 is 0 Å². The third kappa shape index (κ3) is 4.74. The third-order valence-corrected chi connectivity index (χ3v) is 6.26. The molecule has 4 rings (SSSR count). The molecule has 2 aromatic rings. The molecule has 2 N–H and O–H groups in total. The maximum absolute atomic E-state index is 12.5. The van der Waals surface area contributed by atoms with Crippen molar-refractivity contribution in [3.05, 3.63) is 46.6 Å². The van der Waals surface area contributed by atoms with Crippen molar-refractivity contribution in [2.45, 2.75) is 70.4 Å². The molecular weight excluding hydrogens is 374 g/mol. The van der Waals surface area contributed by atoms with E-state index in [0.29, 0.717) is 6.04 Å². The van der Waals surface area contributed by atoms with E-state index in [1.54, 1.807) is 0 Å². The zero-order chi connectivity index (χ0) is 21.1. The summed E-state index contributed by atoms with van der Waals surface area (Å²) in [4.78, 5) is 24.3. The van der Waals surface area contributed by atoms with Crippen LogP contribution in [0.4, 0.5) is 11.8 Å². The average molecular weight is 408 g/mol. The largest absolute Gasteiger partial charge is 0.362 e. The predicted molar refractivity (Wildman–Crippen MR) is 121 cm³/mol. The number of hydrogen-bond acceptors (Lipinski definition) is 5. The molecule has 2 aliphatic carbocycles. The number of amides is 1. The second-order valence-electron chi connectivity index (χ2n) is 8.93. The fourth-order valence-corrected chi connectivity index (χ4v) is 4.63. The summed E-state index contributed by atoms with van der Waals surface area (Å²) in [6.45, 7) is 2.01. The van der Waals surface area contributed by atoms with Crippen LogP contribution in [-0.4, -0.2) is 42.1 Å². The maximum Gasteiger partial charge on any atom is 0.251 e. The van der Waals surface area contributed by atoms with Crippen molar-refractivity contribution in [3.8, 4) is 0 Å². The smallest absolute Gasteiger partial charge is 0.251 e. The molecule has 1 aromatic carbocycles. The number of anilines is 2. The van der Waals surface area contributed by atoms with E-state index in [0.717, 1.165) is 61.4 Å². The zero-order valence-electron chi connectivity index (χ0n) is 18.4. The number of fused-ring (bicyclic) bond motifs is 1. The van der Waals surface area contributed by atoms with Gasteiger partial charge in [0.25, 0.3) is 5.91 Å². The molecule has 160 valence electrons. The molecule has 0 unspecified atom stereocenters. The number of aryl methyl sites for hydroxylation is 2. The monoisotopic (exact) mass is 407 g/mol. The molecule has 1 saturated carbocycles. The van der Waals surface area contributed by atoms with Crippen molar-refractivity contribution in [2.75, 3.05) is 24.3 Å². The van der Waals surface area contributed by atoms with Gasteiger partial charge < -0.3 is 15.5 Å². The molecule has 2 aliphatic rings. The van der Waals surface area contributed by atoms with Crippen LogP contribution in [-0.2, 0) is 12.8 Å². The Labute approximate surface area is 179 Å². The van der Waals surface area contributed by atoms with E-state index in [-0.39, 0.29) is 11.9 Å². The van der Waals surface area contributed by atoms with Gasteiger partial charge in [-0.2, -0.15) is 4.98 Å². The van der Waals surface area contributed by atoms with Crippen molar-refractivity contribution in [3.63, 3.8) is 0 Å². The van der Waals surface area contributed by atoms with E-state index in [2.05, 4.69) is 29.6 Å². The highest BCUT2D eigenvalue weighted by molar-refractivity contribution is 5.94. The topological polar surface area (TPSA) is 70.2 Å². The fourth-order valence-electron chi connectivity index (χ4n) is 4.63. The lowest BCUT2D eigenvalue weighted by molar-refractivity contribution is 0.0926. The number of benzene rings is 1. The lowest BCUT2D eigenvalue weighted by Gasteiger charge is -2.30. The Kier molecular flexibility index (Phi) is 6.21. The second kappa shape index (κ2) is 9.02. The lowest BCUT2D eigenvalue weighted by Crippen LogP contribution is -2.40. The summed E-state index contributed by atoms with van der Waals surface area (Å²) in [7, 11) is 4.12. The molecular formula is C24H33N5O. The number of carbonyl (C=O) groups is 1. The van der Waals surface area contributed by atoms with Gasteiger partial charge in [-0.05, 0) is 70.4 Å². The van der Waals surface area contributed by atoms with Gasteiger partial charge in [-0.15, -0.1) is 0 Å². The van der Waals surface area contributed by atoms with Gasteiger partial charge in [0.05, 0.1) is 5.69 Å². The van der Waals surface area contributed by atoms with Crippen molar-refractivity contribution in [1.82, 2.24) is 15.3 Å². The fraction of sp³-hybridized carbons (Fsp3) is 0.542. The summed E-state index contributed by atoms with van der Waals surface area (Å²) in [5.74, 6) is 1.84. The van der Waals surface area contributed by atoms with Gasteiger partial charge in [0.2, 0.25) is 5.95 Å². The van der Waals surface area contributed by atoms with Crippen LogP contribution in [0.5, 0.6) is 0 Å². The van der Waals surface area contributed by atoms with Crippen molar-refractivity contribution in [1.29, 1.82) is 0 Å². The molecule has 6 nitrogen and oxygen atoms in total. The summed E-state index contributed by atoms with van der Waals surface area (Å²) in [6, 6.07) is 8.36. The van der Waals surface area contributed by atoms with Crippen molar-refractivity contribution < 1.29 is 4.79 Å². The van der Waals surface area contributed by atoms with E-state index >= 15 is 0 Å². The van der Waals surface area contributed by atoms with Gasteiger partial charge in [-0.1, -0.05) is 17.7 Å². The van der Waals surface area contributed by atoms with Crippen LogP contribution < -0.4 is 15.5 Å². The van der Waals surface area contributed by atoms with Crippen LogP contribution in [0.25, 0.3) is 0 Å². The van der Waals surface area contributed by atoms with E-state index < -0.39 is 0 Å². The van der Waals surface area contributed by atoms with Gasteiger partial charge in [0, 0.05) is 37.3 Å². The number of carbonyl (C=O) groups excluding carboxylic acids is 1. The summed E-state index contributed by atoms with van der Waals surface area (Å²) < 4.78 is 0. The Morgan fingerprint density at radius 1 is 1.03 bits per heavy atom. The van der Waals surface area contributed by atoms with Gasteiger partial charge in [-0.25, -0.2) is 4.98 Å². The third-order valence-electron chi connectivity index (χ3n) is 6.26. The first-order valence-electron chi connectivity index (χ1n) is 11.2. The minimum Gasteiger partial charge on any atom is -0.362 e. The van der Waals surface area contributed by atoms with Crippen LogP contribution in [0.2, 0.25) is 0 Å². The Balaban J connectivity index is 1.35. The highest BCUT2D eigenvalue weighted by Gasteiger charge is 2.25. The Bertz CT molecular complexity index is 902. The predicted octanol–water partition coefficient (Wildman–Crippen LogP) is 3.88. The first kappa shape index (κ1) is 20.6. The van der Waals surface area contributed by atoms with Crippen LogP contribution in [0.15, 0.2) is 24.3 Å². The molecule has 0 atom stereocenters. The van der Waals surface area contributed by atoms with Gasteiger partial charge in [0.1, 0.15) is 5.82 Å². The first-order chi connectivity index (χ1) is 14.5. The highest BCUT2D eigenvalue weighted by Crippen LogP contribution is 2.29. The molecule has 1 heterocycles. The Morgan fingerprint density at radius 2 is 1.77 bits per heavy atom. The van der Waals surface area contributed by atoms with Crippen molar-refractivity contribution >= 4 is 17.7 Å². The molecule has 0 spiro atoms. The van der Waals surface area contributed by atoms with Gasteiger partial charge in [0.15, 0.2) is 0 Å². The van der Waals surface area contributed by atoms with E-state index in [9.17, 15) is 4.79 Å².